The lowest BCUT2D eigenvalue weighted by Gasteiger charge is -2.25. The Morgan fingerprint density at radius 3 is 2.89 bits per heavy atom. The molecule has 1 saturated heterocycles. The lowest BCUT2D eigenvalue weighted by molar-refractivity contribution is -0.115. The van der Waals surface area contributed by atoms with Gasteiger partial charge in [0.05, 0.1) is 6.61 Å². The molecule has 0 bridgehead atoms. The van der Waals surface area contributed by atoms with Crippen molar-refractivity contribution >= 4 is 17.3 Å². The van der Waals surface area contributed by atoms with Crippen LogP contribution in [-0.4, -0.2) is 25.2 Å². The van der Waals surface area contributed by atoms with Gasteiger partial charge in [0.15, 0.2) is 0 Å². The summed E-state index contributed by atoms with van der Waals surface area (Å²) in [4.78, 5) is 11.5. The van der Waals surface area contributed by atoms with Crippen molar-refractivity contribution in [2.45, 2.75) is 39.2 Å². The van der Waals surface area contributed by atoms with Crippen LogP contribution in [-0.2, 0) is 9.53 Å². The summed E-state index contributed by atoms with van der Waals surface area (Å²) >= 11 is 0. The number of benzene rings is 1. The molecule has 4 nitrogen and oxygen atoms in total. The maximum atomic E-state index is 11.5. The second kappa shape index (κ2) is 6.57. The quantitative estimate of drug-likeness (QED) is 0.877. The van der Waals surface area contributed by atoms with Gasteiger partial charge >= 0.3 is 0 Å². The lowest BCUT2D eigenvalue weighted by atomic mass is 10.1. The van der Waals surface area contributed by atoms with Crippen molar-refractivity contribution in [3.8, 4) is 0 Å². The SMILES string of the molecule is CCC(=O)Nc1cccc(NC2CCCOC2)c1C. The zero-order valence-electron chi connectivity index (χ0n) is 11.7. The normalized spacial score (nSPS) is 18.9. The van der Waals surface area contributed by atoms with Crippen molar-refractivity contribution < 1.29 is 9.53 Å². The van der Waals surface area contributed by atoms with E-state index in [0.717, 1.165) is 43.0 Å². The van der Waals surface area contributed by atoms with Crippen molar-refractivity contribution in [2.75, 3.05) is 23.8 Å². The summed E-state index contributed by atoms with van der Waals surface area (Å²) in [6, 6.07) is 6.31. The summed E-state index contributed by atoms with van der Waals surface area (Å²) in [6.45, 7) is 5.50. The van der Waals surface area contributed by atoms with Gasteiger partial charge in [0.1, 0.15) is 0 Å². The van der Waals surface area contributed by atoms with Crippen molar-refractivity contribution in [2.24, 2.45) is 0 Å². The molecule has 1 aromatic carbocycles. The highest BCUT2D eigenvalue weighted by Crippen LogP contribution is 2.25. The number of hydrogen-bond donors (Lipinski definition) is 2. The molecule has 1 unspecified atom stereocenters. The van der Waals surface area contributed by atoms with E-state index in [1.54, 1.807) is 0 Å². The van der Waals surface area contributed by atoms with E-state index in [4.69, 9.17) is 4.74 Å². The van der Waals surface area contributed by atoms with Crippen LogP contribution >= 0.6 is 0 Å². The first-order valence-electron chi connectivity index (χ1n) is 6.94. The monoisotopic (exact) mass is 262 g/mol. The molecule has 0 radical (unpaired) electrons. The van der Waals surface area contributed by atoms with Gasteiger partial charge in [0.25, 0.3) is 0 Å². The molecule has 1 aliphatic rings. The van der Waals surface area contributed by atoms with E-state index in [1.807, 2.05) is 32.0 Å². The molecular formula is C15H22N2O2. The zero-order chi connectivity index (χ0) is 13.7. The Balaban J connectivity index is 2.07. The first kappa shape index (κ1) is 13.9. The first-order chi connectivity index (χ1) is 9.20. The number of carbonyl (C=O) groups is 1. The van der Waals surface area contributed by atoms with Crippen molar-refractivity contribution in [3.05, 3.63) is 23.8 Å². The summed E-state index contributed by atoms with van der Waals surface area (Å²) in [5, 5.41) is 6.43. The summed E-state index contributed by atoms with van der Waals surface area (Å²) in [6.07, 6.45) is 2.72. The van der Waals surface area contributed by atoms with E-state index in [0.29, 0.717) is 12.5 Å². The van der Waals surface area contributed by atoms with Gasteiger partial charge in [-0.05, 0) is 37.5 Å². The van der Waals surface area contributed by atoms with Gasteiger partial charge in [-0.1, -0.05) is 13.0 Å². The van der Waals surface area contributed by atoms with E-state index in [9.17, 15) is 4.79 Å². The number of hydrogen-bond acceptors (Lipinski definition) is 3. The summed E-state index contributed by atoms with van der Waals surface area (Å²) in [5.74, 6) is 0.0428. The van der Waals surface area contributed by atoms with Gasteiger partial charge in [0.2, 0.25) is 5.91 Å². The third-order valence-electron chi connectivity index (χ3n) is 3.45. The molecule has 2 rings (SSSR count). The van der Waals surface area contributed by atoms with Crippen LogP contribution in [0.5, 0.6) is 0 Å². The van der Waals surface area contributed by atoms with Crippen LogP contribution in [0.2, 0.25) is 0 Å². The molecular weight excluding hydrogens is 240 g/mol. The Morgan fingerprint density at radius 1 is 1.42 bits per heavy atom. The minimum absolute atomic E-state index is 0.0428. The Morgan fingerprint density at radius 2 is 2.21 bits per heavy atom. The van der Waals surface area contributed by atoms with Crippen LogP contribution in [0, 0.1) is 6.92 Å². The third-order valence-corrected chi connectivity index (χ3v) is 3.45. The first-order valence-corrected chi connectivity index (χ1v) is 6.94. The number of carbonyl (C=O) groups excluding carboxylic acids is 1. The second-order valence-electron chi connectivity index (χ2n) is 4.94. The lowest BCUT2D eigenvalue weighted by Crippen LogP contribution is -2.30. The van der Waals surface area contributed by atoms with Crippen LogP contribution in [0.3, 0.4) is 0 Å². The fraction of sp³-hybridized carbons (Fsp3) is 0.533. The van der Waals surface area contributed by atoms with Gasteiger partial charge in [-0.2, -0.15) is 0 Å². The number of ether oxygens (including phenoxy) is 1. The summed E-state index contributed by atoms with van der Waals surface area (Å²) in [7, 11) is 0. The highest BCUT2D eigenvalue weighted by Gasteiger charge is 2.15. The van der Waals surface area contributed by atoms with Gasteiger partial charge < -0.3 is 15.4 Å². The molecule has 1 amide bonds. The maximum absolute atomic E-state index is 11.5. The van der Waals surface area contributed by atoms with Crippen LogP contribution in [0.4, 0.5) is 11.4 Å². The fourth-order valence-electron chi connectivity index (χ4n) is 2.24. The van der Waals surface area contributed by atoms with E-state index < -0.39 is 0 Å². The van der Waals surface area contributed by atoms with E-state index in [1.165, 1.54) is 0 Å². The largest absolute Gasteiger partial charge is 0.380 e. The molecule has 1 aromatic rings. The predicted molar refractivity (Wildman–Crippen MR) is 77.6 cm³/mol. The molecule has 0 aromatic heterocycles. The molecule has 104 valence electrons. The molecule has 1 atom stereocenters. The number of rotatable bonds is 4. The Kier molecular flexibility index (Phi) is 4.80. The molecule has 1 aliphatic heterocycles. The van der Waals surface area contributed by atoms with E-state index >= 15 is 0 Å². The Labute approximate surface area is 114 Å². The smallest absolute Gasteiger partial charge is 0.224 e. The standard InChI is InChI=1S/C15H22N2O2/c1-3-15(18)17-14-8-4-7-13(11(14)2)16-12-6-5-9-19-10-12/h4,7-8,12,16H,3,5-6,9-10H2,1-2H3,(H,17,18). The molecule has 2 N–H and O–H groups in total. The van der Waals surface area contributed by atoms with Gasteiger partial charge in [0, 0.05) is 30.4 Å². The molecule has 0 aliphatic carbocycles. The van der Waals surface area contributed by atoms with Crippen LogP contribution in [0.15, 0.2) is 18.2 Å². The summed E-state index contributed by atoms with van der Waals surface area (Å²) in [5.41, 5.74) is 3.04. The van der Waals surface area contributed by atoms with E-state index in [-0.39, 0.29) is 5.91 Å². The number of amides is 1. The number of anilines is 2. The predicted octanol–water partition coefficient (Wildman–Crippen LogP) is 2.93. The summed E-state index contributed by atoms with van der Waals surface area (Å²) < 4.78 is 5.47. The Hall–Kier alpha value is -1.55. The minimum atomic E-state index is 0.0428. The van der Waals surface area contributed by atoms with Crippen molar-refractivity contribution in [3.63, 3.8) is 0 Å². The van der Waals surface area contributed by atoms with Gasteiger partial charge in [-0.25, -0.2) is 0 Å². The average Bonchev–Trinajstić information content (AvgIpc) is 2.44. The number of nitrogens with one attached hydrogen (secondary N) is 2. The van der Waals surface area contributed by atoms with Crippen LogP contribution in [0.1, 0.15) is 31.7 Å². The second-order valence-corrected chi connectivity index (χ2v) is 4.94. The molecule has 1 fully saturated rings. The van der Waals surface area contributed by atoms with Crippen LogP contribution in [0.25, 0.3) is 0 Å². The third kappa shape index (κ3) is 3.70. The fourth-order valence-corrected chi connectivity index (χ4v) is 2.24. The highest BCUT2D eigenvalue weighted by atomic mass is 16.5. The van der Waals surface area contributed by atoms with Crippen LogP contribution < -0.4 is 10.6 Å². The Bertz CT molecular complexity index is 440. The molecule has 1 heterocycles. The van der Waals surface area contributed by atoms with Crippen molar-refractivity contribution in [1.29, 1.82) is 0 Å². The molecule has 19 heavy (non-hydrogen) atoms. The maximum Gasteiger partial charge on any atom is 0.224 e. The molecule has 4 heteroatoms. The van der Waals surface area contributed by atoms with Gasteiger partial charge in [-0.15, -0.1) is 0 Å². The molecule has 0 saturated carbocycles. The topological polar surface area (TPSA) is 50.4 Å². The zero-order valence-corrected chi connectivity index (χ0v) is 11.7. The van der Waals surface area contributed by atoms with Gasteiger partial charge in [-0.3, -0.25) is 4.79 Å². The molecule has 0 spiro atoms. The highest BCUT2D eigenvalue weighted by molar-refractivity contribution is 5.92. The average molecular weight is 262 g/mol. The minimum Gasteiger partial charge on any atom is -0.380 e. The van der Waals surface area contributed by atoms with Crippen molar-refractivity contribution in [1.82, 2.24) is 0 Å². The van der Waals surface area contributed by atoms with E-state index in [2.05, 4.69) is 10.6 Å².